The molecule has 14 rings (SSSR count). The van der Waals surface area contributed by atoms with E-state index in [1.165, 1.54) is 12.1 Å². The second kappa shape index (κ2) is 43.0. The first-order valence-electron chi connectivity index (χ1n) is 43.1. The van der Waals surface area contributed by atoms with Crippen LogP contribution in [0.2, 0.25) is 0 Å². The summed E-state index contributed by atoms with van der Waals surface area (Å²) in [6.45, 7) is 10.3. The SMILES string of the molecule is C=CC(=O)OCC(COc1ccc(C2(c3ccc(OCC(COC(=O)C=C)OC(=O)C4CC=CCC4C(=O)O)cc3)c3ccccc3Cc3ccccc32)cc1)OC(=O)c1cc(-c2ccc(C(=O)O)c(C(=O)OC(COC(=O)C=C)COc3ccc(C4(c5ccc(OCC(COC(=O)C=C)OC(=O)C6CC=CCC6C(=O)O)cc5)c5ccccc5-c5ccccc54)cc3)c2)ccc1C(=O)O. The predicted octanol–water partition coefficient (Wildman–Crippen LogP) is 15.4. The van der Waals surface area contributed by atoms with Crippen LogP contribution >= 0.6 is 0 Å². The maximum absolute atomic E-state index is 14.7. The third-order valence-corrected chi connectivity index (χ3v) is 23.9. The molecule has 8 unspecified atom stereocenters. The number of rotatable bonds is 41. The Bertz CT molecular complexity index is 6190. The molecule has 0 saturated heterocycles. The lowest BCUT2D eigenvalue weighted by Gasteiger charge is -2.42. The molecular weight excluding hydrogens is 1730 g/mol. The smallest absolute Gasteiger partial charge is 0.339 e. The van der Waals surface area contributed by atoms with Crippen LogP contribution in [0.15, 0.2) is 305 Å². The number of aliphatic carboxylic acids is 2. The Balaban J connectivity index is 0.681. The van der Waals surface area contributed by atoms with Gasteiger partial charge in [0.2, 0.25) is 0 Å². The van der Waals surface area contributed by atoms with Crippen molar-refractivity contribution in [1.29, 1.82) is 0 Å². The van der Waals surface area contributed by atoms with E-state index in [4.69, 9.17) is 56.8 Å². The molecule has 0 amide bonds. The zero-order chi connectivity index (χ0) is 95.5. The highest BCUT2D eigenvalue weighted by atomic mass is 16.6. The van der Waals surface area contributed by atoms with Gasteiger partial charge in [-0.15, -0.1) is 0 Å². The van der Waals surface area contributed by atoms with Crippen molar-refractivity contribution in [3.63, 3.8) is 0 Å². The zero-order valence-corrected chi connectivity index (χ0v) is 72.8. The van der Waals surface area contributed by atoms with Gasteiger partial charge in [-0.2, -0.15) is 0 Å². The van der Waals surface area contributed by atoms with Crippen LogP contribution in [0, 0.1) is 23.7 Å². The highest BCUT2D eigenvalue weighted by Crippen LogP contribution is 2.57. The molecule has 10 aromatic carbocycles. The van der Waals surface area contributed by atoms with Gasteiger partial charge in [-0.3, -0.25) is 19.2 Å². The van der Waals surface area contributed by atoms with Crippen molar-refractivity contribution in [2.24, 2.45) is 23.7 Å². The Hall–Kier alpha value is -16.5. The summed E-state index contributed by atoms with van der Waals surface area (Å²) in [5.41, 5.74) is 6.96. The second-order valence-electron chi connectivity index (χ2n) is 32.1. The molecule has 28 heteroatoms. The fraction of sp³-hybridized carbons (Fsp3) is 0.215. The molecule has 0 radical (unpaired) electrons. The molecule has 28 nitrogen and oxygen atoms in total. The molecule has 0 aliphatic heterocycles. The number of carbonyl (C=O) groups is 12. The molecule has 0 spiro atoms. The van der Waals surface area contributed by atoms with Crippen LogP contribution in [0.1, 0.15) is 123 Å². The molecular formula is C107H92O28. The molecule has 10 aromatic rings. The van der Waals surface area contributed by atoms with Gasteiger partial charge in [-0.05, 0) is 183 Å². The van der Waals surface area contributed by atoms with Gasteiger partial charge in [0.25, 0.3) is 0 Å². The van der Waals surface area contributed by atoms with Gasteiger partial charge in [0, 0.05) is 24.3 Å². The number of allylic oxidation sites excluding steroid dienone is 4. The Morgan fingerprint density at radius 2 is 0.585 bits per heavy atom. The zero-order valence-electron chi connectivity index (χ0n) is 72.8. The van der Waals surface area contributed by atoms with Crippen LogP contribution < -0.4 is 18.9 Å². The molecule has 0 aromatic heterocycles. The minimum Gasteiger partial charge on any atom is -0.490 e. The molecule has 688 valence electrons. The Labute approximate surface area is 774 Å². The molecule has 0 fully saturated rings. The minimum absolute atomic E-state index is 0.0796. The van der Waals surface area contributed by atoms with E-state index in [0.717, 1.165) is 115 Å². The van der Waals surface area contributed by atoms with Gasteiger partial charge in [-0.25, -0.2) is 38.4 Å². The molecule has 4 aliphatic rings. The lowest BCUT2D eigenvalue weighted by atomic mass is 9.60. The number of carbonyl (C=O) groups excluding carboxylic acids is 8. The fourth-order valence-electron chi connectivity index (χ4n) is 17.4. The first-order chi connectivity index (χ1) is 65.3. The molecule has 0 saturated carbocycles. The molecule has 4 N–H and O–H groups in total. The van der Waals surface area contributed by atoms with E-state index < -0.39 is 192 Å². The first-order valence-corrected chi connectivity index (χ1v) is 43.1. The lowest BCUT2D eigenvalue weighted by molar-refractivity contribution is -0.167. The van der Waals surface area contributed by atoms with Crippen molar-refractivity contribution in [1.82, 2.24) is 0 Å². The first kappa shape index (κ1) is 94.6. The summed E-state index contributed by atoms with van der Waals surface area (Å²) in [5.74, 6) is -15.6. The van der Waals surface area contributed by atoms with E-state index in [-0.39, 0.29) is 61.5 Å². The van der Waals surface area contributed by atoms with Crippen molar-refractivity contribution < 1.29 is 135 Å². The molecule has 0 bridgehead atoms. The number of esters is 8. The molecule has 4 aliphatic carbocycles. The van der Waals surface area contributed by atoms with Crippen molar-refractivity contribution in [3.8, 4) is 45.3 Å². The monoisotopic (exact) mass is 1820 g/mol. The number of hydrogen-bond acceptors (Lipinski definition) is 24. The minimum atomic E-state index is -1.56. The van der Waals surface area contributed by atoms with E-state index in [0.29, 0.717) is 17.9 Å². The van der Waals surface area contributed by atoms with Crippen LogP contribution in [0.4, 0.5) is 0 Å². The molecule has 0 heterocycles. The third-order valence-electron chi connectivity index (χ3n) is 23.9. The number of benzene rings is 10. The van der Waals surface area contributed by atoms with Crippen LogP contribution in [0.5, 0.6) is 23.0 Å². The standard InChI is InChI=1S/C107H92O28/c1-5-94(108)128-60-76(132-102(120)86-27-13-11-25-82(86)98(112)113)56-124-72-43-35-68(36-44-72)106(90-29-17-9-21-66(90)53-67-22-10-18-30-91(67)106)69-37-45-73(46-38-69)126-58-78(62-130-96(110)7-3)134-104(122)88-54-64(33-51-84(88)100(116)117)65-34-52-85(101(118)119)89(55-65)105(123)135-79(63-131-97(111)8-4)59-127-75-49-41-71(42-50-75)107(92-31-19-15-23-80(92)81-24-16-20-32-93(81)107)70-39-47-74(48-40-70)125-57-77(61-129-95(109)6-2)133-103(121)87-28-14-12-26-83(87)99(114)115/h5-24,29-52,54-55,76-79,82-83,86-87H,1-4,25-28,53,56-63H2,(H,112,113)(H,114,115)(H,116,117)(H,118,119). The summed E-state index contributed by atoms with van der Waals surface area (Å²) >= 11 is 0. The quantitative estimate of drug-likeness (QED) is 0.0120. The number of carboxylic acid groups (broad SMARTS) is 4. The van der Waals surface area contributed by atoms with Crippen molar-refractivity contribution in [2.75, 3.05) is 52.9 Å². The summed E-state index contributed by atoms with van der Waals surface area (Å²) in [7, 11) is 0. The van der Waals surface area contributed by atoms with Gasteiger partial charge in [0.15, 0.2) is 24.4 Å². The summed E-state index contributed by atoms with van der Waals surface area (Å²) < 4.78 is 69.8. The topological polar surface area (TPSA) is 397 Å². The number of fused-ring (bicyclic) bond motifs is 5. The van der Waals surface area contributed by atoms with Gasteiger partial charge in [0.1, 0.15) is 75.9 Å². The van der Waals surface area contributed by atoms with Crippen molar-refractivity contribution in [3.05, 3.63) is 383 Å². The van der Waals surface area contributed by atoms with Gasteiger partial charge in [0.05, 0.1) is 56.8 Å². The second-order valence-corrected chi connectivity index (χ2v) is 32.1. The van der Waals surface area contributed by atoms with Gasteiger partial charge < -0.3 is 77.3 Å². The van der Waals surface area contributed by atoms with E-state index in [2.05, 4.69) is 50.6 Å². The van der Waals surface area contributed by atoms with Crippen LogP contribution in [-0.4, -0.2) is 169 Å². The third kappa shape index (κ3) is 21.3. The van der Waals surface area contributed by atoms with E-state index in [1.54, 1.807) is 72.8 Å². The Kier molecular flexibility index (Phi) is 30.1. The average Bonchev–Trinajstić information content (AvgIpc) is 1.10. The van der Waals surface area contributed by atoms with Crippen molar-refractivity contribution >= 4 is 71.6 Å². The fourth-order valence-corrected chi connectivity index (χ4v) is 17.4. The van der Waals surface area contributed by atoms with Crippen LogP contribution in [-0.2, 0) is 93.5 Å². The number of carboxylic acids is 4. The normalized spacial score (nSPS) is 16.3. The maximum Gasteiger partial charge on any atom is 0.339 e. The van der Waals surface area contributed by atoms with Gasteiger partial charge >= 0.3 is 71.6 Å². The number of aromatic carboxylic acids is 2. The average molecular weight is 1830 g/mol. The predicted molar refractivity (Wildman–Crippen MR) is 488 cm³/mol. The van der Waals surface area contributed by atoms with E-state index in [1.807, 2.05) is 121 Å². The lowest BCUT2D eigenvalue weighted by Crippen LogP contribution is -2.37. The van der Waals surface area contributed by atoms with Crippen LogP contribution in [0.3, 0.4) is 0 Å². The summed E-state index contributed by atoms with van der Waals surface area (Å²) in [4.78, 5) is 156. The number of hydrogen-bond donors (Lipinski definition) is 4. The largest absolute Gasteiger partial charge is 0.490 e. The summed E-state index contributed by atoms with van der Waals surface area (Å²) in [5, 5.41) is 40.9. The van der Waals surface area contributed by atoms with Gasteiger partial charge in [-0.1, -0.05) is 208 Å². The van der Waals surface area contributed by atoms with E-state index >= 15 is 0 Å². The Morgan fingerprint density at radius 1 is 0.311 bits per heavy atom. The summed E-state index contributed by atoms with van der Waals surface area (Å²) in [6, 6.07) is 67.9. The van der Waals surface area contributed by atoms with E-state index in [9.17, 15) is 78.0 Å². The van der Waals surface area contributed by atoms with Crippen LogP contribution in [0.25, 0.3) is 22.3 Å². The molecule has 135 heavy (non-hydrogen) atoms. The van der Waals surface area contributed by atoms with Crippen molar-refractivity contribution in [2.45, 2.75) is 67.3 Å². The highest BCUT2D eigenvalue weighted by molar-refractivity contribution is 6.06. The molecule has 8 atom stereocenters. The maximum atomic E-state index is 14.7. The summed E-state index contributed by atoms with van der Waals surface area (Å²) in [6.07, 6.45) is 6.55. The number of ether oxygens (including phenoxy) is 12. The highest BCUT2D eigenvalue weighted by Gasteiger charge is 2.48. The Morgan fingerprint density at radius 3 is 0.881 bits per heavy atom.